The molecular formula is C9H16N2S. The molecule has 68 valence electrons. The van der Waals surface area contributed by atoms with Crippen LogP contribution in [0.5, 0.6) is 0 Å². The molecule has 0 aliphatic carbocycles. The topological polar surface area (TPSA) is 24.9 Å². The molecule has 2 nitrogen and oxygen atoms in total. The molecule has 1 heterocycles. The maximum Gasteiger partial charge on any atom is 0.0410 e. The van der Waals surface area contributed by atoms with Crippen LogP contribution in [0.1, 0.15) is 25.6 Å². The van der Waals surface area contributed by atoms with Gasteiger partial charge in [0.25, 0.3) is 0 Å². The molecule has 1 aromatic heterocycles. The molecular weight excluding hydrogens is 168 g/mol. The monoisotopic (exact) mass is 184 g/mol. The van der Waals surface area contributed by atoms with E-state index in [0.717, 1.165) is 13.1 Å². The Morgan fingerprint density at radius 1 is 1.50 bits per heavy atom. The van der Waals surface area contributed by atoms with Crippen molar-refractivity contribution in [3.8, 4) is 0 Å². The Morgan fingerprint density at radius 3 is 2.75 bits per heavy atom. The molecule has 0 saturated carbocycles. The first-order chi connectivity index (χ1) is 5.58. The summed E-state index contributed by atoms with van der Waals surface area (Å²) in [6.45, 7) is 8.68. The zero-order valence-electron chi connectivity index (χ0n) is 7.92. The molecule has 0 unspecified atom stereocenters. The van der Waals surface area contributed by atoms with Crippen molar-refractivity contribution in [2.45, 2.75) is 27.3 Å². The van der Waals surface area contributed by atoms with Gasteiger partial charge in [0.05, 0.1) is 0 Å². The second-order valence-corrected chi connectivity index (χ2v) is 5.06. The molecule has 1 rings (SSSR count). The van der Waals surface area contributed by atoms with Gasteiger partial charge in [-0.15, -0.1) is 0 Å². The van der Waals surface area contributed by atoms with Crippen LogP contribution in [0.15, 0.2) is 12.3 Å². The highest BCUT2D eigenvalue weighted by atomic mass is 32.1. The van der Waals surface area contributed by atoms with Crippen molar-refractivity contribution < 1.29 is 0 Å². The van der Waals surface area contributed by atoms with Crippen molar-refractivity contribution in [3.63, 3.8) is 0 Å². The summed E-state index contributed by atoms with van der Waals surface area (Å²) in [5, 5.41) is 3.40. The Kier molecular flexibility index (Phi) is 3.23. The third-order valence-electron chi connectivity index (χ3n) is 1.45. The Balaban J connectivity index is 2.20. The van der Waals surface area contributed by atoms with Crippen molar-refractivity contribution in [2.24, 2.45) is 5.41 Å². The summed E-state index contributed by atoms with van der Waals surface area (Å²) in [6, 6.07) is 2.06. The number of hydrogen-bond donors (Lipinski definition) is 1. The summed E-state index contributed by atoms with van der Waals surface area (Å²) < 4.78 is 4.04. The Bertz CT molecular complexity index is 211. The molecule has 0 amide bonds. The van der Waals surface area contributed by atoms with Crippen molar-refractivity contribution >= 4 is 11.5 Å². The van der Waals surface area contributed by atoms with E-state index in [2.05, 4.69) is 36.5 Å². The zero-order valence-corrected chi connectivity index (χ0v) is 8.74. The molecule has 12 heavy (non-hydrogen) atoms. The molecule has 0 fully saturated rings. The van der Waals surface area contributed by atoms with Gasteiger partial charge >= 0.3 is 0 Å². The summed E-state index contributed by atoms with van der Waals surface area (Å²) in [4.78, 5) is 1.30. The van der Waals surface area contributed by atoms with E-state index in [9.17, 15) is 0 Å². The Morgan fingerprint density at radius 2 is 2.25 bits per heavy atom. The van der Waals surface area contributed by atoms with Crippen LogP contribution in [0.2, 0.25) is 0 Å². The molecule has 1 N–H and O–H groups in total. The lowest BCUT2D eigenvalue weighted by Crippen LogP contribution is -2.26. The molecule has 0 aliphatic rings. The number of nitrogens with one attached hydrogen (secondary N) is 1. The molecule has 0 bridgehead atoms. The minimum atomic E-state index is 0.366. The Hall–Kier alpha value is -0.410. The molecule has 3 heteroatoms. The molecule has 0 saturated heterocycles. The highest BCUT2D eigenvalue weighted by Crippen LogP contribution is 2.11. The maximum absolute atomic E-state index is 4.04. The van der Waals surface area contributed by atoms with E-state index in [1.807, 2.05) is 6.20 Å². The molecule has 0 spiro atoms. The van der Waals surface area contributed by atoms with Crippen molar-refractivity contribution in [2.75, 3.05) is 6.54 Å². The first-order valence-electron chi connectivity index (χ1n) is 4.18. The second kappa shape index (κ2) is 4.01. The van der Waals surface area contributed by atoms with Crippen LogP contribution in [0.4, 0.5) is 0 Å². The van der Waals surface area contributed by atoms with Gasteiger partial charge in [-0.25, -0.2) is 4.37 Å². The van der Waals surface area contributed by atoms with Gasteiger partial charge in [0, 0.05) is 24.2 Å². The van der Waals surface area contributed by atoms with E-state index >= 15 is 0 Å². The maximum atomic E-state index is 4.04. The highest BCUT2D eigenvalue weighted by Gasteiger charge is 2.08. The summed E-state index contributed by atoms with van der Waals surface area (Å²) in [5.74, 6) is 0. The zero-order chi connectivity index (χ0) is 9.03. The fourth-order valence-corrected chi connectivity index (χ4v) is 1.44. The normalized spacial score (nSPS) is 11.9. The molecule has 0 aromatic carbocycles. The van der Waals surface area contributed by atoms with E-state index in [4.69, 9.17) is 0 Å². The van der Waals surface area contributed by atoms with Crippen LogP contribution in [0.25, 0.3) is 0 Å². The summed E-state index contributed by atoms with van der Waals surface area (Å²) in [7, 11) is 0. The average Bonchev–Trinajstić information content (AvgIpc) is 2.36. The van der Waals surface area contributed by atoms with Crippen LogP contribution >= 0.6 is 11.5 Å². The van der Waals surface area contributed by atoms with Gasteiger partial charge in [-0.05, 0) is 23.0 Å². The van der Waals surface area contributed by atoms with Crippen LogP contribution in [-0.2, 0) is 6.54 Å². The van der Waals surface area contributed by atoms with Crippen molar-refractivity contribution in [1.82, 2.24) is 9.69 Å². The lowest BCUT2D eigenvalue weighted by Gasteiger charge is -2.18. The van der Waals surface area contributed by atoms with E-state index in [1.54, 1.807) is 11.5 Å². The fourth-order valence-electron chi connectivity index (χ4n) is 0.894. The van der Waals surface area contributed by atoms with E-state index in [-0.39, 0.29) is 0 Å². The average molecular weight is 184 g/mol. The lowest BCUT2D eigenvalue weighted by atomic mass is 9.97. The number of nitrogens with zero attached hydrogens (tertiary/aromatic N) is 1. The van der Waals surface area contributed by atoms with Crippen molar-refractivity contribution in [3.05, 3.63) is 17.1 Å². The number of rotatable bonds is 3. The van der Waals surface area contributed by atoms with Gasteiger partial charge in [-0.3, -0.25) is 0 Å². The predicted octanol–water partition coefficient (Wildman–Crippen LogP) is 2.28. The lowest BCUT2D eigenvalue weighted by molar-refractivity contribution is 0.380. The van der Waals surface area contributed by atoms with Gasteiger partial charge in [-0.2, -0.15) is 0 Å². The van der Waals surface area contributed by atoms with Gasteiger partial charge in [0.2, 0.25) is 0 Å². The predicted molar refractivity (Wildman–Crippen MR) is 53.3 cm³/mol. The van der Waals surface area contributed by atoms with Gasteiger partial charge in [-0.1, -0.05) is 20.8 Å². The molecule has 0 atom stereocenters. The third-order valence-corrected chi connectivity index (χ3v) is 2.19. The minimum absolute atomic E-state index is 0.366. The van der Waals surface area contributed by atoms with Crippen molar-refractivity contribution in [1.29, 1.82) is 0 Å². The molecule has 1 aromatic rings. The number of aromatic nitrogens is 1. The Labute approximate surface area is 78.2 Å². The summed E-state index contributed by atoms with van der Waals surface area (Å²) in [6.07, 6.45) is 1.85. The summed E-state index contributed by atoms with van der Waals surface area (Å²) >= 11 is 1.56. The standard InChI is InChI=1S/C9H16N2S/c1-9(2,3)7-10-6-8-4-5-11-12-8/h4-5,10H,6-7H2,1-3H3. The minimum Gasteiger partial charge on any atom is -0.311 e. The first kappa shape index (κ1) is 9.68. The summed E-state index contributed by atoms with van der Waals surface area (Å²) in [5.41, 5.74) is 0.366. The molecule has 0 radical (unpaired) electrons. The van der Waals surface area contributed by atoms with E-state index < -0.39 is 0 Å². The van der Waals surface area contributed by atoms with Gasteiger partial charge < -0.3 is 5.32 Å². The molecule has 0 aliphatic heterocycles. The first-order valence-corrected chi connectivity index (χ1v) is 4.95. The largest absolute Gasteiger partial charge is 0.311 e. The smallest absolute Gasteiger partial charge is 0.0410 e. The quantitative estimate of drug-likeness (QED) is 0.779. The van der Waals surface area contributed by atoms with E-state index in [1.165, 1.54) is 4.88 Å². The van der Waals surface area contributed by atoms with Crippen LogP contribution in [0, 0.1) is 5.41 Å². The van der Waals surface area contributed by atoms with Gasteiger partial charge in [0.15, 0.2) is 0 Å². The third kappa shape index (κ3) is 3.83. The van der Waals surface area contributed by atoms with E-state index in [0.29, 0.717) is 5.41 Å². The highest BCUT2D eigenvalue weighted by molar-refractivity contribution is 7.05. The SMILES string of the molecule is CC(C)(C)CNCc1ccns1. The van der Waals surface area contributed by atoms with Crippen LogP contribution < -0.4 is 5.32 Å². The van der Waals surface area contributed by atoms with Gasteiger partial charge in [0.1, 0.15) is 0 Å². The van der Waals surface area contributed by atoms with Crippen LogP contribution in [0.3, 0.4) is 0 Å². The van der Waals surface area contributed by atoms with Crippen LogP contribution in [-0.4, -0.2) is 10.9 Å². The second-order valence-electron chi connectivity index (χ2n) is 4.14. The fraction of sp³-hybridized carbons (Fsp3) is 0.667. The number of hydrogen-bond acceptors (Lipinski definition) is 3.